The molecule has 0 aromatic heterocycles. The van der Waals surface area contributed by atoms with Gasteiger partial charge in [-0.05, 0) is 29.7 Å². The van der Waals surface area contributed by atoms with Crippen LogP contribution in [0.5, 0.6) is 0 Å². The number of hydrogen-bond donors (Lipinski definition) is 1. The van der Waals surface area contributed by atoms with E-state index in [4.69, 9.17) is 4.74 Å². The van der Waals surface area contributed by atoms with Gasteiger partial charge in [0, 0.05) is 12.1 Å². The van der Waals surface area contributed by atoms with Crippen LogP contribution in [0.4, 0.5) is 15.8 Å². The standard InChI is InChI=1S/C18H17FN2O5/c1-11(2)12-3-5-13(6-4-12)18(23)26-10-17(22)20-16-9-14(21(24)25)7-8-15(16)19/h3-9,11H,10H2,1-2H3,(H,20,22). The molecule has 0 heterocycles. The minimum Gasteiger partial charge on any atom is -0.452 e. The molecule has 0 saturated carbocycles. The quantitative estimate of drug-likeness (QED) is 0.482. The minimum absolute atomic E-state index is 0.281. The number of carbonyl (C=O) groups excluding carboxylic acids is 2. The number of rotatable bonds is 6. The monoisotopic (exact) mass is 360 g/mol. The molecular weight excluding hydrogens is 343 g/mol. The molecule has 0 spiro atoms. The summed E-state index contributed by atoms with van der Waals surface area (Å²) in [5.74, 6) is -2.03. The lowest BCUT2D eigenvalue weighted by molar-refractivity contribution is -0.384. The van der Waals surface area contributed by atoms with Crippen molar-refractivity contribution in [1.29, 1.82) is 0 Å². The highest BCUT2D eigenvalue weighted by molar-refractivity contribution is 5.95. The van der Waals surface area contributed by atoms with Gasteiger partial charge in [0.2, 0.25) is 0 Å². The Balaban J connectivity index is 1.95. The van der Waals surface area contributed by atoms with E-state index in [1.54, 1.807) is 24.3 Å². The Morgan fingerprint density at radius 2 is 1.85 bits per heavy atom. The average molecular weight is 360 g/mol. The van der Waals surface area contributed by atoms with Crippen molar-refractivity contribution in [2.45, 2.75) is 19.8 Å². The molecule has 2 rings (SSSR count). The number of halogens is 1. The third-order valence-corrected chi connectivity index (χ3v) is 3.58. The Morgan fingerprint density at radius 3 is 2.42 bits per heavy atom. The minimum atomic E-state index is -0.834. The second kappa shape index (κ2) is 8.19. The maximum absolute atomic E-state index is 13.6. The lowest BCUT2D eigenvalue weighted by Crippen LogP contribution is -2.21. The number of esters is 1. The zero-order chi connectivity index (χ0) is 19.3. The molecule has 0 saturated heterocycles. The molecule has 8 heteroatoms. The fourth-order valence-corrected chi connectivity index (χ4v) is 2.13. The van der Waals surface area contributed by atoms with Crippen LogP contribution in [0.2, 0.25) is 0 Å². The number of nitro benzene ring substituents is 1. The molecule has 0 aliphatic rings. The third kappa shape index (κ3) is 4.85. The van der Waals surface area contributed by atoms with Gasteiger partial charge < -0.3 is 10.1 Å². The molecule has 0 atom stereocenters. The molecule has 0 aliphatic carbocycles. The van der Waals surface area contributed by atoms with Crippen molar-refractivity contribution in [2.24, 2.45) is 0 Å². The molecule has 7 nitrogen and oxygen atoms in total. The summed E-state index contributed by atoms with van der Waals surface area (Å²) in [6, 6.07) is 9.51. The zero-order valence-electron chi connectivity index (χ0n) is 14.2. The maximum atomic E-state index is 13.6. The second-order valence-corrected chi connectivity index (χ2v) is 5.82. The molecule has 1 N–H and O–H groups in total. The largest absolute Gasteiger partial charge is 0.452 e. The van der Waals surface area contributed by atoms with E-state index in [-0.39, 0.29) is 16.9 Å². The van der Waals surface area contributed by atoms with Crippen LogP contribution in [0.25, 0.3) is 0 Å². The second-order valence-electron chi connectivity index (χ2n) is 5.82. The highest BCUT2D eigenvalue weighted by atomic mass is 19.1. The Hall–Kier alpha value is -3.29. The first-order chi connectivity index (χ1) is 12.3. The Bertz CT molecular complexity index is 834. The van der Waals surface area contributed by atoms with Gasteiger partial charge in [-0.2, -0.15) is 0 Å². The van der Waals surface area contributed by atoms with E-state index < -0.39 is 29.2 Å². The molecule has 2 aromatic rings. The highest BCUT2D eigenvalue weighted by Gasteiger charge is 2.15. The van der Waals surface area contributed by atoms with Gasteiger partial charge in [0.15, 0.2) is 6.61 Å². The molecule has 1 amide bonds. The van der Waals surface area contributed by atoms with Gasteiger partial charge in [0.25, 0.3) is 11.6 Å². The summed E-state index contributed by atoms with van der Waals surface area (Å²) in [5, 5.41) is 12.8. The van der Waals surface area contributed by atoms with Crippen LogP contribution < -0.4 is 5.32 Å². The van der Waals surface area contributed by atoms with Crippen molar-refractivity contribution in [3.05, 3.63) is 69.5 Å². The number of carbonyl (C=O) groups is 2. The van der Waals surface area contributed by atoms with Crippen molar-refractivity contribution < 1.29 is 23.6 Å². The third-order valence-electron chi connectivity index (χ3n) is 3.58. The van der Waals surface area contributed by atoms with Crippen LogP contribution in [0.1, 0.15) is 35.7 Å². The summed E-state index contributed by atoms with van der Waals surface area (Å²) in [6.07, 6.45) is 0. The predicted octanol–water partition coefficient (Wildman–Crippen LogP) is 3.65. The summed E-state index contributed by atoms with van der Waals surface area (Å²) >= 11 is 0. The van der Waals surface area contributed by atoms with Crippen LogP contribution in [-0.2, 0) is 9.53 Å². The smallest absolute Gasteiger partial charge is 0.338 e. The molecule has 136 valence electrons. The number of benzene rings is 2. The van der Waals surface area contributed by atoms with E-state index in [2.05, 4.69) is 5.32 Å². The molecule has 0 aliphatic heterocycles. The van der Waals surface area contributed by atoms with Crippen LogP contribution in [0, 0.1) is 15.9 Å². The number of hydrogen-bond acceptors (Lipinski definition) is 5. The predicted molar refractivity (Wildman–Crippen MR) is 92.5 cm³/mol. The lowest BCUT2D eigenvalue weighted by atomic mass is 10.0. The average Bonchev–Trinajstić information content (AvgIpc) is 2.61. The molecule has 0 radical (unpaired) electrons. The Kier molecular flexibility index (Phi) is 6.00. The number of non-ortho nitro benzene ring substituents is 1. The zero-order valence-corrected chi connectivity index (χ0v) is 14.2. The summed E-state index contributed by atoms with van der Waals surface area (Å²) in [4.78, 5) is 33.7. The SMILES string of the molecule is CC(C)c1ccc(C(=O)OCC(=O)Nc2cc([N+](=O)[O-])ccc2F)cc1. The molecule has 0 fully saturated rings. The number of ether oxygens (including phenoxy) is 1. The van der Waals surface area contributed by atoms with E-state index >= 15 is 0 Å². The number of nitro groups is 1. The molecule has 0 unspecified atom stereocenters. The molecule has 2 aromatic carbocycles. The van der Waals surface area contributed by atoms with Gasteiger partial charge in [-0.25, -0.2) is 9.18 Å². The molecule has 0 bridgehead atoms. The number of amides is 1. The van der Waals surface area contributed by atoms with Gasteiger partial charge in [0.05, 0.1) is 16.2 Å². The normalized spacial score (nSPS) is 10.5. The van der Waals surface area contributed by atoms with Crippen molar-refractivity contribution >= 4 is 23.3 Å². The van der Waals surface area contributed by atoms with Crippen LogP contribution >= 0.6 is 0 Å². The Labute approximate surface area is 148 Å². The first kappa shape index (κ1) is 19.0. The maximum Gasteiger partial charge on any atom is 0.338 e. The summed E-state index contributed by atoms with van der Waals surface area (Å²) < 4.78 is 18.5. The van der Waals surface area contributed by atoms with Gasteiger partial charge in [-0.15, -0.1) is 0 Å². The van der Waals surface area contributed by atoms with Crippen molar-refractivity contribution in [3.63, 3.8) is 0 Å². The van der Waals surface area contributed by atoms with E-state index in [9.17, 15) is 24.1 Å². The summed E-state index contributed by atoms with van der Waals surface area (Å²) in [6.45, 7) is 3.39. The fraction of sp³-hybridized carbons (Fsp3) is 0.222. The first-order valence-corrected chi connectivity index (χ1v) is 7.79. The van der Waals surface area contributed by atoms with E-state index in [1.807, 2.05) is 13.8 Å². The number of anilines is 1. The van der Waals surface area contributed by atoms with Crippen LogP contribution in [0.3, 0.4) is 0 Å². The highest BCUT2D eigenvalue weighted by Crippen LogP contribution is 2.21. The van der Waals surface area contributed by atoms with E-state index in [0.717, 1.165) is 23.8 Å². The fourth-order valence-electron chi connectivity index (χ4n) is 2.13. The lowest BCUT2D eigenvalue weighted by Gasteiger charge is -2.09. The summed E-state index contributed by atoms with van der Waals surface area (Å²) in [5.41, 5.74) is 0.606. The first-order valence-electron chi connectivity index (χ1n) is 7.79. The van der Waals surface area contributed by atoms with Gasteiger partial charge in [-0.3, -0.25) is 14.9 Å². The number of nitrogens with one attached hydrogen (secondary N) is 1. The van der Waals surface area contributed by atoms with E-state index in [1.165, 1.54) is 0 Å². The molecule has 26 heavy (non-hydrogen) atoms. The Morgan fingerprint density at radius 1 is 1.19 bits per heavy atom. The van der Waals surface area contributed by atoms with Gasteiger partial charge in [-0.1, -0.05) is 26.0 Å². The molecular formula is C18H17FN2O5. The summed E-state index contributed by atoms with van der Waals surface area (Å²) in [7, 11) is 0. The van der Waals surface area contributed by atoms with Crippen molar-refractivity contribution in [3.8, 4) is 0 Å². The van der Waals surface area contributed by atoms with Crippen molar-refractivity contribution in [1.82, 2.24) is 0 Å². The van der Waals surface area contributed by atoms with Gasteiger partial charge in [0.1, 0.15) is 5.82 Å². The van der Waals surface area contributed by atoms with Crippen molar-refractivity contribution in [2.75, 3.05) is 11.9 Å². The number of nitrogens with zero attached hydrogens (tertiary/aromatic N) is 1. The van der Waals surface area contributed by atoms with Crippen LogP contribution in [-0.4, -0.2) is 23.4 Å². The van der Waals surface area contributed by atoms with Crippen LogP contribution in [0.15, 0.2) is 42.5 Å². The topological polar surface area (TPSA) is 98.5 Å². The van der Waals surface area contributed by atoms with Gasteiger partial charge >= 0.3 is 5.97 Å². The van der Waals surface area contributed by atoms with E-state index in [0.29, 0.717) is 5.92 Å².